The molecule has 1 atom stereocenters. The van der Waals surface area contributed by atoms with Crippen molar-refractivity contribution < 1.29 is 0 Å². The summed E-state index contributed by atoms with van der Waals surface area (Å²) in [5.74, 6) is 0. The smallest absolute Gasteiger partial charge is 0.0622 e. The highest BCUT2D eigenvalue weighted by Gasteiger charge is 2.34. The minimum atomic E-state index is 0.143. The molecule has 2 nitrogen and oxygen atoms in total. The van der Waals surface area contributed by atoms with E-state index in [0.29, 0.717) is 0 Å². The van der Waals surface area contributed by atoms with Crippen molar-refractivity contribution in [2.75, 3.05) is 11.1 Å². The molecule has 0 saturated heterocycles. The Kier molecular flexibility index (Phi) is 3.44. The Bertz CT molecular complexity index is 1080. The van der Waals surface area contributed by atoms with E-state index < -0.39 is 0 Å². The Hall–Kier alpha value is -2.91. The summed E-state index contributed by atoms with van der Waals surface area (Å²) < 4.78 is 0. The summed E-state index contributed by atoms with van der Waals surface area (Å²) in [7, 11) is 0. The lowest BCUT2D eigenvalue weighted by Crippen LogP contribution is -2.01. The number of thioether (sulfide) groups is 1. The number of nitrogen functional groups attached to an aromatic ring is 1. The summed E-state index contributed by atoms with van der Waals surface area (Å²) in [4.78, 5) is 1.24. The average Bonchev–Trinajstić information content (AvgIpc) is 2.83. The van der Waals surface area contributed by atoms with Gasteiger partial charge in [-0.25, -0.2) is 0 Å². The van der Waals surface area contributed by atoms with Gasteiger partial charge in [-0.2, -0.15) is 0 Å². The number of allylic oxidation sites excluding steroid dienone is 1. The third-order valence-electron chi connectivity index (χ3n) is 4.98. The highest BCUT2D eigenvalue weighted by Crippen LogP contribution is 2.55. The SMILES string of the molecule is C=C1C2=C(Nc3ccccc3SC2c2cccc(N)c2)c2ccccc21. The molecule has 3 aromatic carbocycles. The van der Waals surface area contributed by atoms with Crippen LogP contribution in [0, 0.1) is 0 Å². The van der Waals surface area contributed by atoms with E-state index in [4.69, 9.17) is 5.73 Å². The fraction of sp³-hybridized carbons (Fsp3) is 0.0435. The van der Waals surface area contributed by atoms with E-state index in [1.807, 2.05) is 23.9 Å². The highest BCUT2D eigenvalue weighted by molar-refractivity contribution is 8.00. The second-order valence-electron chi connectivity index (χ2n) is 6.60. The lowest BCUT2D eigenvalue weighted by molar-refractivity contribution is 1.18. The standard InChI is InChI=1S/C23H18N2S/c1-14-17-9-2-3-10-18(17)22-21(14)23(15-7-6-8-16(24)13-15)26-20-12-5-4-11-19(20)25-22/h2-13,23,25H,1,24H2. The van der Waals surface area contributed by atoms with E-state index in [0.717, 1.165) is 22.6 Å². The number of fused-ring (bicyclic) bond motifs is 3. The third-order valence-corrected chi connectivity index (χ3v) is 6.34. The molecule has 1 heterocycles. The Morgan fingerprint density at radius 1 is 0.885 bits per heavy atom. The van der Waals surface area contributed by atoms with Gasteiger partial charge in [0.05, 0.1) is 16.6 Å². The molecular weight excluding hydrogens is 336 g/mol. The molecule has 0 fully saturated rings. The van der Waals surface area contributed by atoms with Crippen molar-refractivity contribution >= 4 is 34.4 Å². The van der Waals surface area contributed by atoms with Crippen molar-refractivity contribution in [1.82, 2.24) is 0 Å². The quantitative estimate of drug-likeness (QED) is 0.529. The van der Waals surface area contributed by atoms with Gasteiger partial charge in [0, 0.05) is 21.7 Å². The number of rotatable bonds is 1. The van der Waals surface area contributed by atoms with Gasteiger partial charge >= 0.3 is 0 Å². The maximum absolute atomic E-state index is 6.09. The first-order valence-corrected chi connectivity index (χ1v) is 9.52. The van der Waals surface area contributed by atoms with Crippen molar-refractivity contribution in [2.45, 2.75) is 10.1 Å². The summed E-state index contributed by atoms with van der Waals surface area (Å²) in [6.07, 6.45) is 0. The maximum Gasteiger partial charge on any atom is 0.0622 e. The molecule has 2 aliphatic rings. The molecular formula is C23H18N2S. The summed E-state index contributed by atoms with van der Waals surface area (Å²) >= 11 is 1.85. The third kappa shape index (κ3) is 2.28. The average molecular weight is 354 g/mol. The van der Waals surface area contributed by atoms with Gasteiger partial charge in [-0.05, 0) is 41.0 Å². The fourth-order valence-electron chi connectivity index (χ4n) is 3.78. The zero-order valence-corrected chi connectivity index (χ0v) is 15.0. The van der Waals surface area contributed by atoms with E-state index >= 15 is 0 Å². The van der Waals surface area contributed by atoms with E-state index in [-0.39, 0.29) is 5.25 Å². The van der Waals surface area contributed by atoms with Gasteiger partial charge in [0.15, 0.2) is 0 Å². The highest BCUT2D eigenvalue weighted by atomic mass is 32.2. The Morgan fingerprint density at radius 3 is 2.50 bits per heavy atom. The predicted octanol–water partition coefficient (Wildman–Crippen LogP) is 5.97. The molecule has 0 radical (unpaired) electrons. The topological polar surface area (TPSA) is 38.0 Å². The molecule has 5 rings (SSSR count). The number of hydrogen-bond donors (Lipinski definition) is 2. The van der Waals surface area contributed by atoms with Crippen molar-refractivity contribution in [3.8, 4) is 0 Å². The maximum atomic E-state index is 6.09. The van der Waals surface area contributed by atoms with Crippen molar-refractivity contribution in [3.63, 3.8) is 0 Å². The van der Waals surface area contributed by atoms with Crippen molar-refractivity contribution in [2.24, 2.45) is 0 Å². The molecule has 3 aromatic rings. The second kappa shape index (κ2) is 5.82. The molecule has 126 valence electrons. The molecule has 3 heteroatoms. The van der Waals surface area contributed by atoms with Crippen LogP contribution in [0.1, 0.15) is 21.9 Å². The van der Waals surface area contributed by atoms with E-state index in [9.17, 15) is 0 Å². The molecule has 1 aliphatic heterocycles. The molecule has 0 saturated carbocycles. The largest absolute Gasteiger partial charge is 0.399 e. The monoisotopic (exact) mass is 354 g/mol. The lowest BCUT2D eigenvalue weighted by atomic mass is 9.98. The second-order valence-corrected chi connectivity index (χ2v) is 7.75. The van der Waals surface area contributed by atoms with Crippen LogP contribution in [0.3, 0.4) is 0 Å². The number of benzene rings is 3. The van der Waals surface area contributed by atoms with Crippen molar-refractivity contribution in [1.29, 1.82) is 0 Å². The van der Waals surface area contributed by atoms with Gasteiger partial charge in [-0.3, -0.25) is 0 Å². The van der Waals surface area contributed by atoms with E-state index in [2.05, 4.69) is 72.6 Å². The molecule has 0 amide bonds. The van der Waals surface area contributed by atoms with Gasteiger partial charge in [0.25, 0.3) is 0 Å². The van der Waals surface area contributed by atoms with Gasteiger partial charge in [0.1, 0.15) is 0 Å². The number of para-hydroxylation sites is 1. The first-order chi connectivity index (χ1) is 12.7. The van der Waals surface area contributed by atoms with Crippen LogP contribution in [0.15, 0.2) is 89.8 Å². The van der Waals surface area contributed by atoms with Crippen LogP contribution < -0.4 is 11.1 Å². The number of hydrogen-bond acceptors (Lipinski definition) is 3. The van der Waals surface area contributed by atoms with Gasteiger partial charge in [0.2, 0.25) is 0 Å². The van der Waals surface area contributed by atoms with Gasteiger partial charge in [-0.15, -0.1) is 11.8 Å². The molecule has 26 heavy (non-hydrogen) atoms. The van der Waals surface area contributed by atoms with E-state index in [1.165, 1.54) is 27.2 Å². The molecule has 1 unspecified atom stereocenters. The van der Waals surface area contributed by atoms with Crippen molar-refractivity contribution in [3.05, 3.63) is 102 Å². The summed E-state index contributed by atoms with van der Waals surface area (Å²) in [5.41, 5.74) is 15.2. The zero-order chi connectivity index (χ0) is 17.7. The molecule has 1 aliphatic carbocycles. The summed E-state index contributed by atoms with van der Waals surface area (Å²) in [6, 6.07) is 25.1. The summed E-state index contributed by atoms with van der Waals surface area (Å²) in [5, 5.41) is 3.83. The lowest BCUT2D eigenvalue weighted by Gasteiger charge is -2.19. The van der Waals surface area contributed by atoms with Crippen LogP contribution in [-0.2, 0) is 0 Å². The minimum absolute atomic E-state index is 0.143. The molecule has 0 aromatic heterocycles. The molecule has 0 bridgehead atoms. The minimum Gasteiger partial charge on any atom is -0.399 e. The first-order valence-electron chi connectivity index (χ1n) is 8.64. The van der Waals surface area contributed by atoms with Crippen LogP contribution in [0.4, 0.5) is 11.4 Å². The van der Waals surface area contributed by atoms with Gasteiger partial charge < -0.3 is 11.1 Å². The number of nitrogens with two attached hydrogens (primary N) is 1. The van der Waals surface area contributed by atoms with Crippen LogP contribution in [0.25, 0.3) is 11.3 Å². The summed E-state index contributed by atoms with van der Waals surface area (Å²) in [6.45, 7) is 4.44. The Balaban J connectivity index is 1.76. The Labute approximate surface area is 157 Å². The zero-order valence-electron chi connectivity index (χ0n) is 14.2. The Morgan fingerprint density at radius 2 is 1.65 bits per heavy atom. The van der Waals surface area contributed by atoms with E-state index in [1.54, 1.807) is 0 Å². The van der Waals surface area contributed by atoms with Gasteiger partial charge in [-0.1, -0.05) is 55.1 Å². The fourth-order valence-corrected chi connectivity index (χ4v) is 5.10. The van der Waals surface area contributed by atoms with Crippen LogP contribution in [0.2, 0.25) is 0 Å². The number of anilines is 2. The molecule has 3 N–H and O–H groups in total. The normalized spacial score (nSPS) is 17.8. The van der Waals surface area contributed by atoms with Crippen LogP contribution >= 0.6 is 11.8 Å². The van der Waals surface area contributed by atoms with Crippen LogP contribution in [-0.4, -0.2) is 0 Å². The predicted molar refractivity (Wildman–Crippen MR) is 112 cm³/mol. The number of nitrogens with one attached hydrogen (secondary N) is 1. The molecule has 0 spiro atoms. The first kappa shape index (κ1) is 15.4. The van der Waals surface area contributed by atoms with Crippen LogP contribution in [0.5, 0.6) is 0 Å².